The van der Waals surface area contributed by atoms with Crippen LogP contribution in [-0.4, -0.2) is 41.8 Å². The van der Waals surface area contributed by atoms with Crippen LogP contribution in [0, 0.1) is 0 Å². The third kappa shape index (κ3) is 4.03. The van der Waals surface area contributed by atoms with E-state index in [0.717, 1.165) is 10.0 Å². The van der Waals surface area contributed by atoms with Crippen molar-refractivity contribution < 1.29 is 23.8 Å². The Balaban J connectivity index is 1.73. The van der Waals surface area contributed by atoms with Gasteiger partial charge >= 0.3 is 12.1 Å². The summed E-state index contributed by atoms with van der Waals surface area (Å²) in [5.41, 5.74) is 0.709. The number of cyclic esters (lactones) is 1. The van der Waals surface area contributed by atoms with Crippen LogP contribution < -0.4 is 4.74 Å². The summed E-state index contributed by atoms with van der Waals surface area (Å²) in [4.78, 5) is 25.9. The normalized spacial score (nSPS) is 19.2. The van der Waals surface area contributed by atoms with Crippen LogP contribution in [0.15, 0.2) is 28.8 Å². The third-order valence-electron chi connectivity index (χ3n) is 4.15. The van der Waals surface area contributed by atoms with Crippen LogP contribution in [0.3, 0.4) is 0 Å². The SMILES string of the molecule is CC(C)(C)OC(=O)N1CC=CCC1COc1c(Br)ccc2c1COC2=O. The number of rotatable bonds is 3. The number of fused-ring (bicyclic) bond motifs is 1. The van der Waals surface area contributed by atoms with E-state index in [9.17, 15) is 9.59 Å². The maximum Gasteiger partial charge on any atom is 0.410 e. The molecule has 0 spiro atoms. The van der Waals surface area contributed by atoms with Crippen molar-refractivity contribution in [2.75, 3.05) is 13.2 Å². The molecule has 0 aromatic heterocycles. The van der Waals surface area contributed by atoms with E-state index in [1.54, 1.807) is 17.0 Å². The summed E-state index contributed by atoms with van der Waals surface area (Å²) in [6.07, 6.45) is 4.31. The smallest absolute Gasteiger partial charge is 0.410 e. The van der Waals surface area contributed by atoms with E-state index in [-0.39, 0.29) is 24.7 Å². The van der Waals surface area contributed by atoms with Gasteiger partial charge < -0.3 is 14.2 Å². The van der Waals surface area contributed by atoms with Crippen LogP contribution in [0.25, 0.3) is 0 Å². The molecule has 0 aliphatic carbocycles. The monoisotopic (exact) mass is 423 g/mol. The quantitative estimate of drug-likeness (QED) is 0.541. The fraction of sp³-hybridized carbons (Fsp3) is 0.474. The number of ether oxygens (including phenoxy) is 3. The Morgan fingerprint density at radius 3 is 2.85 bits per heavy atom. The number of hydrogen-bond donors (Lipinski definition) is 0. The molecular formula is C19H22BrNO5. The van der Waals surface area contributed by atoms with Gasteiger partial charge in [-0.2, -0.15) is 0 Å². The fourth-order valence-corrected chi connectivity index (χ4v) is 3.39. The van der Waals surface area contributed by atoms with Gasteiger partial charge in [-0.15, -0.1) is 0 Å². The third-order valence-corrected chi connectivity index (χ3v) is 4.77. The molecule has 0 radical (unpaired) electrons. The number of amides is 1. The average Bonchev–Trinajstić information content (AvgIpc) is 2.94. The van der Waals surface area contributed by atoms with E-state index < -0.39 is 5.60 Å². The first-order valence-electron chi connectivity index (χ1n) is 8.52. The highest BCUT2D eigenvalue weighted by Crippen LogP contribution is 2.36. The second-order valence-electron chi connectivity index (χ2n) is 7.28. The molecule has 1 aromatic rings. The Hall–Kier alpha value is -2.02. The first-order valence-corrected chi connectivity index (χ1v) is 9.31. The zero-order valence-corrected chi connectivity index (χ0v) is 16.7. The summed E-state index contributed by atoms with van der Waals surface area (Å²) in [6, 6.07) is 3.35. The second kappa shape index (κ2) is 7.31. The second-order valence-corrected chi connectivity index (χ2v) is 8.14. The summed E-state index contributed by atoms with van der Waals surface area (Å²) in [7, 11) is 0. The molecule has 0 saturated heterocycles. The maximum atomic E-state index is 12.5. The number of halogens is 1. The van der Waals surface area contributed by atoms with E-state index in [1.807, 2.05) is 32.9 Å². The standard InChI is InChI=1S/C19H22BrNO5/c1-19(2,3)26-18(23)21-9-5-4-6-12(21)10-24-16-14-11-25-17(22)13(14)7-8-15(16)20/h4-5,7-8,12H,6,9-11H2,1-3H3. The van der Waals surface area contributed by atoms with Crippen molar-refractivity contribution in [1.29, 1.82) is 0 Å². The lowest BCUT2D eigenvalue weighted by Crippen LogP contribution is -2.47. The number of nitrogens with zero attached hydrogens (tertiary/aromatic N) is 1. The highest BCUT2D eigenvalue weighted by atomic mass is 79.9. The predicted octanol–water partition coefficient (Wildman–Crippen LogP) is 4.06. The topological polar surface area (TPSA) is 65.1 Å². The van der Waals surface area contributed by atoms with E-state index in [4.69, 9.17) is 14.2 Å². The molecule has 0 bridgehead atoms. The Kier molecular flexibility index (Phi) is 5.27. The van der Waals surface area contributed by atoms with Crippen LogP contribution in [-0.2, 0) is 16.1 Å². The Labute approximate surface area is 161 Å². The summed E-state index contributed by atoms with van der Waals surface area (Å²) < 4.78 is 17.4. The molecule has 2 aliphatic rings. The molecule has 140 valence electrons. The van der Waals surface area contributed by atoms with Gasteiger partial charge in [0.1, 0.15) is 24.6 Å². The van der Waals surface area contributed by atoms with Crippen molar-refractivity contribution in [3.8, 4) is 5.75 Å². The van der Waals surface area contributed by atoms with Crippen molar-refractivity contribution in [3.05, 3.63) is 39.9 Å². The number of esters is 1. The van der Waals surface area contributed by atoms with Crippen molar-refractivity contribution in [1.82, 2.24) is 4.90 Å². The molecule has 7 heteroatoms. The van der Waals surface area contributed by atoms with Gasteiger partial charge in [0.05, 0.1) is 16.1 Å². The minimum atomic E-state index is -0.551. The molecule has 1 atom stereocenters. The highest BCUT2D eigenvalue weighted by Gasteiger charge is 2.31. The van der Waals surface area contributed by atoms with Crippen molar-refractivity contribution in [2.24, 2.45) is 0 Å². The molecule has 1 aromatic carbocycles. The van der Waals surface area contributed by atoms with E-state index in [0.29, 0.717) is 30.9 Å². The molecule has 0 N–H and O–H groups in total. The molecule has 0 saturated carbocycles. The summed E-state index contributed by atoms with van der Waals surface area (Å²) in [6.45, 7) is 6.52. The molecule has 26 heavy (non-hydrogen) atoms. The van der Waals surface area contributed by atoms with Gasteiger partial charge in [-0.1, -0.05) is 12.2 Å². The van der Waals surface area contributed by atoms with Crippen molar-refractivity contribution >= 4 is 28.0 Å². The van der Waals surface area contributed by atoms with Crippen LogP contribution in [0.2, 0.25) is 0 Å². The first kappa shape index (κ1) is 18.8. The lowest BCUT2D eigenvalue weighted by Gasteiger charge is -2.34. The Bertz CT molecular complexity index is 753. The lowest BCUT2D eigenvalue weighted by molar-refractivity contribution is 0.0127. The van der Waals surface area contributed by atoms with Gasteiger partial charge in [0, 0.05) is 12.1 Å². The van der Waals surface area contributed by atoms with Crippen LogP contribution in [0.4, 0.5) is 4.79 Å². The fourth-order valence-electron chi connectivity index (χ4n) is 2.90. The van der Waals surface area contributed by atoms with E-state index >= 15 is 0 Å². The highest BCUT2D eigenvalue weighted by molar-refractivity contribution is 9.10. The molecule has 3 rings (SSSR count). The molecule has 1 unspecified atom stereocenters. The number of hydrogen-bond acceptors (Lipinski definition) is 5. The zero-order valence-electron chi connectivity index (χ0n) is 15.1. The first-order chi connectivity index (χ1) is 12.3. The van der Waals surface area contributed by atoms with Gasteiger partial charge in [-0.3, -0.25) is 4.90 Å². The van der Waals surface area contributed by atoms with Gasteiger partial charge in [0.15, 0.2) is 0 Å². The minimum absolute atomic E-state index is 0.143. The van der Waals surface area contributed by atoms with Gasteiger partial charge in [0.2, 0.25) is 0 Å². The number of carbonyl (C=O) groups is 2. The zero-order chi connectivity index (χ0) is 18.9. The Morgan fingerprint density at radius 1 is 1.35 bits per heavy atom. The number of carbonyl (C=O) groups excluding carboxylic acids is 2. The summed E-state index contributed by atoms with van der Waals surface area (Å²) >= 11 is 3.47. The Morgan fingerprint density at radius 2 is 2.12 bits per heavy atom. The molecule has 6 nitrogen and oxygen atoms in total. The molecule has 2 aliphatic heterocycles. The van der Waals surface area contributed by atoms with Gasteiger partial charge in [0.25, 0.3) is 0 Å². The predicted molar refractivity (Wildman–Crippen MR) is 99.2 cm³/mol. The average molecular weight is 424 g/mol. The van der Waals surface area contributed by atoms with Crippen LogP contribution in [0.1, 0.15) is 43.1 Å². The molecule has 1 amide bonds. The summed E-state index contributed by atoms with van der Waals surface area (Å²) in [5.74, 6) is 0.250. The minimum Gasteiger partial charge on any atom is -0.490 e. The van der Waals surface area contributed by atoms with E-state index in [2.05, 4.69) is 15.9 Å². The molecular weight excluding hydrogens is 402 g/mol. The lowest BCUT2D eigenvalue weighted by atomic mass is 10.1. The molecule has 2 heterocycles. The van der Waals surface area contributed by atoms with Crippen molar-refractivity contribution in [2.45, 2.75) is 45.4 Å². The largest absolute Gasteiger partial charge is 0.490 e. The summed E-state index contributed by atoms with van der Waals surface area (Å²) in [5, 5.41) is 0. The van der Waals surface area contributed by atoms with Crippen LogP contribution >= 0.6 is 15.9 Å². The van der Waals surface area contributed by atoms with E-state index in [1.165, 1.54) is 0 Å². The van der Waals surface area contributed by atoms with Crippen LogP contribution in [0.5, 0.6) is 5.75 Å². The molecule has 0 fully saturated rings. The number of benzene rings is 1. The maximum absolute atomic E-state index is 12.5. The van der Waals surface area contributed by atoms with Gasteiger partial charge in [-0.05, 0) is 55.3 Å². The van der Waals surface area contributed by atoms with Crippen molar-refractivity contribution in [3.63, 3.8) is 0 Å². The van der Waals surface area contributed by atoms with Gasteiger partial charge in [-0.25, -0.2) is 9.59 Å².